The van der Waals surface area contributed by atoms with Crippen LogP contribution in [0, 0.1) is 17.2 Å². The van der Waals surface area contributed by atoms with Crippen LogP contribution in [0.3, 0.4) is 0 Å². The number of amides is 2. The van der Waals surface area contributed by atoms with Gasteiger partial charge in [0, 0.05) is 35.3 Å². The molecule has 0 saturated heterocycles. The highest BCUT2D eigenvalue weighted by Gasteiger charge is 2.22. The highest BCUT2D eigenvalue weighted by atomic mass is 16.2. The predicted octanol–water partition coefficient (Wildman–Crippen LogP) is 2.58. The van der Waals surface area contributed by atoms with E-state index in [0.717, 1.165) is 22.9 Å². The van der Waals surface area contributed by atoms with Crippen molar-refractivity contribution in [3.05, 3.63) is 42.1 Å². The van der Waals surface area contributed by atoms with E-state index in [2.05, 4.69) is 11.4 Å². The van der Waals surface area contributed by atoms with Crippen molar-refractivity contribution in [3.8, 4) is 6.07 Å². The Balaban J connectivity index is 2.20. The second-order valence-electron chi connectivity index (χ2n) is 6.31. The molecule has 0 aliphatic heterocycles. The van der Waals surface area contributed by atoms with Crippen molar-refractivity contribution in [1.82, 2.24) is 9.88 Å². The van der Waals surface area contributed by atoms with Gasteiger partial charge in [0.05, 0.1) is 12.5 Å². The zero-order valence-electron chi connectivity index (χ0n) is 15.1. The average Bonchev–Trinajstić information content (AvgIpc) is 2.99. The molecule has 2 amide bonds. The standard InChI is InChI=1S/C20H24N4O2/c1-3-14(2)19(20(22)26)23-18(25)10-9-15-13-24(12-6-11-21)17-8-5-4-7-16(15)17/h4-5,7-10,13-14,19H,3,6,12H2,1-2H3,(H2,22,26)(H,23,25). The first kappa shape index (κ1) is 19.3. The van der Waals surface area contributed by atoms with Gasteiger partial charge in [-0.1, -0.05) is 38.5 Å². The van der Waals surface area contributed by atoms with Crippen molar-refractivity contribution in [2.75, 3.05) is 0 Å². The number of hydrogen-bond acceptors (Lipinski definition) is 3. The smallest absolute Gasteiger partial charge is 0.244 e. The van der Waals surface area contributed by atoms with Gasteiger partial charge in [0.1, 0.15) is 6.04 Å². The Bertz CT molecular complexity index is 860. The molecule has 1 heterocycles. The van der Waals surface area contributed by atoms with Crippen LogP contribution < -0.4 is 11.1 Å². The zero-order chi connectivity index (χ0) is 19.1. The van der Waals surface area contributed by atoms with Gasteiger partial charge in [0.15, 0.2) is 0 Å². The Kier molecular flexibility index (Phi) is 6.56. The fourth-order valence-electron chi connectivity index (χ4n) is 2.86. The molecule has 0 saturated carbocycles. The van der Waals surface area contributed by atoms with Crippen LogP contribution >= 0.6 is 0 Å². The number of nitriles is 1. The van der Waals surface area contributed by atoms with Crippen molar-refractivity contribution in [3.63, 3.8) is 0 Å². The van der Waals surface area contributed by atoms with Crippen LogP contribution in [-0.4, -0.2) is 22.4 Å². The molecule has 0 fully saturated rings. The van der Waals surface area contributed by atoms with E-state index in [4.69, 9.17) is 11.0 Å². The third-order valence-corrected chi connectivity index (χ3v) is 4.52. The largest absolute Gasteiger partial charge is 0.368 e. The van der Waals surface area contributed by atoms with E-state index >= 15 is 0 Å². The highest BCUT2D eigenvalue weighted by molar-refractivity contribution is 5.98. The van der Waals surface area contributed by atoms with Gasteiger partial charge < -0.3 is 15.6 Å². The summed E-state index contributed by atoms with van der Waals surface area (Å²) in [6.07, 6.45) is 6.21. The SMILES string of the molecule is CCC(C)C(NC(=O)C=Cc1cn(CCC#N)c2ccccc12)C(N)=O. The summed E-state index contributed by atoms with van der Waals surface area (Å²) < 4.78 is 2.00. The molecule has 2 rings (SSSR count). The third-order valence-electron chi connectivity index (χ3n) is 4.52. The number of nitrogens with zero attached hydrogens (tertiary/aromatic N) is 2. The van der Waals surface area contributed by atoms with E-state index in [1.165, 1.54) is 6.08 Å². The van der Waals surface area contributed by atoms with E-state index in [1.807, 2.05) is 48.9 Å². The molecule has 6 nitrogen and oxygen atoms in total. The van der Waals surface area contributed by atoms with Crippen LogP contribution in [0.2, 0.25) is 0 Å². The third kappa shape index (κ3) is 4.51. The first-order chi connectivity index (χ1) is 12.5. The minimum atomic E-state index is -0.686. The van der Waals surface area contributed by atoms with Crippen LogP contribution in [0.5, 0.6) is 0 Å². The van der Waals surface area contributed by atoms with Crippen LogP contribution in [0.25, 0.3) is 17.0 Å². The zero-order valence-corrected chi connectivity index (χ0v) is 15.1. The topological polar surface area (TPSA) is 101 Å². The van der Waals surface area contributed by atoms with Gasteiger partial charge in [0.25, 0.3) is 0 Å². The molecule has 0 aliphatic carbocycles. The lowest BCUT2D eigenvalue weighted by Crippen LogP contribution is -2.47. The second-order valence-corrected chi connectivity index (χ2v) is 6.31. The van der Waals surface area contributed by atoms with E-state index in [0.29, 0.717) is 13.0 Å². The Morgan fingerprint density at radius 3 is 2.77 bits per heavy atom. The van der Waals surface area contributed by atoms with Crippen LogP contribution in [0.15, 0.2) is 36.5 Å². The first-order valence-electron chi connectivity index (χ1n) is 8.70. The summed E-state index contributed by atoms with van der Waals surface area (Å²) in [6, 6.07) is 9.28. The van der Waals surface area contributed by atoms with Gasteiger partial charge in [-0.3, -0.25) is 9.59 Å². The number of para-hydroxylation sites is 1. The maximum Gasteiger partial charge on any atom is 0.244 e. The summed E-state index contributed by atoms with van der Waals surface area (Å²) in [5.74, 6) is -0.921. The van der Waals surface area contributed by atoms with Gasteiger partial charge in [-0.25, -0.2) is 0 Å². The number of nitrogens with one attached hydrogen (secondary N) is 1. The monoisotopic (exact) mass is 352 g/mol. The number of hydrogen-bond donors (Lipinski definition) is 2. The molecule has 6 heteroatoms. The summed E-state index contributed by atoms with van der Waals surface area (Å²) in [7, 11) is 0. The molecule has 0 spiro atoms. The van der Waals surface area contributed by atoms with Gasteiger partial charge in [0.2, 0.25) is 11.8 Å². The summed E-state index contributed by atoms with van der Waals surface area (Å²) in [4.78, 5) is 23.8. The van der Waals surface area contributed by atoms with Gasteiger partial charge in [-0.05, 0) is 18.1 Å². The summed E-state index contributed by atoms with van der Waals surface area (Å²) >= 11 is 0. The van der Waals surface area contributed by atoms with Gasteiger partial charge >= 0.3 is 0 Å². The molecule has 136 valence electrons. The normalized spacial score (nSPS) is 13.4. The molecule has 26 heavy (non-hydrogen) atoms. The average molecular weight is 352 g/mol. The number of aryl methyl sites for hydroxylation is 1. The number of rotatable bonds is 8. The minimum absolute atomic E-state index is 0.0299. The van der Waals surface area contributed by atoms with Crippen molar-refractivity contribution >= 4 is 28.8 Å². The molecular weight excluding hydrogens is 328 g/mol. The van der Waals surface area contributed by atoms with Crippen molar-refractivity contribution < 1.29 is 9.59 Å². The molecule has 0 aliphatic rings. The molecule has 0 bridgehead atoms. The van der Waals surface area contributed by atoms with Crippen LogP contribution in [-0.2, 0) is 16.1 Å². The van der Waals surface area contributed by atoms with Crippen molar-refractivity contribution in [2.45, 2.75) is 39.3 Å². The molecule has 3 N–H and O–H groups in total. The first-order valence-corrected chi connectivity index (χ1v) is 8.70. The maximum absolute atomic E-state index is 12.2. The fourth-order valence-corrected chi connectivity index (χ4v) is 2.86. The number of carbonyl (C=O) groups is 2. The number of benzene rings is 1. The van der Waals surface area contributed by atoms with Gasteiger partial charge in [-0.2, -0.15) is 5.26 Å². The van der Waals surface area contributed by atoms with Crippen molar-refractivity contribution in [1.29, 1.82) is 5.26 Å². The number of primary amides is 1. The molecule has 2 unspecified atom stereocenters. The number of aromatic nitrogens is 1. The van der Waals surface area contributed by atoms with E-state index in [1.54, 1.807) is 6.08 Å². The van der Waals surface area contributed by atoms with Crippen molar-refractivity contribution in [2.24, 2.45) is 11.7 Å². The second kappa shape index (κ2) is 8.86. The maximum atomic E-state index is 12.2. The van der Waals surface area contributed by atoms with E-state index < -0.39 is 11.9 Å². The lowest BCUT2D eigenvalue weighted by molar-refractivity contribution is -0.126. The lowest BCUT2D eigenvalue weighted by Gasteiger charge is -2.20. The van der Waals surface area contributed by atoms with Crippen LogP contribution in [0.1, 0.15) is 32.3 Å². The summed E-state index contributed by atoms with van der Waals surface area (Å²) in [5, 5.41) is 12.5. The number of carbonyl (C=O) groups excluding carboxylic acids is 2. The lowest BCUT2D eigenvalue weighted by atomic mass is 9.98. The Morgan fingerprint density at radius 2 is 2.12 bits per heavy atom. The predicted molar refractivity (Wildman–Crippen MR) is 102 cm³/mol. The quantitative estimate of drug-likeness (QED) is 0.714. The molecular formula is C20H24N4O2. The van der Waals surface area contributed by atoms with E-state index in [9.17, 15) is 9.59 Å². The van der Waals surface area contributed by atoms with Crippen LogP contribution in [0.4, 0.5) is 0 Å². The minimum Gasteiger partial charge on any atom is -0.368 e. The Morgan fingerprint density at radius 1 is 1.38 bits per heavy atom. The fraction of sp³-hybridized carbons (Fsp3) is 0.350. The highest BCUT2D eigenvalue weighted by Crippen LogP contribution is 2.22. The Hall–Kier alpha value is -3.07. The summed E-state index contributed by atoms with van der Waals surface area (Å²) in [5.41, 5.74) is 7.28. The molecule has 1 aromatic heterocycles. The number of fused-ring (bicyclic) bond motifs is 1. The van der Waals surface area contributed by atoms with E-state index in [-0.39, 0.29) is 11.8 Å². The summed E-state index contributed by atoms with van der Waals surface area (Å²) in [6.45, 7) is 4.41. The Labute approximate surface area is 153 Å². The molecule has 2 atom stereocenters. The molecule has 2 aromatic rings. The molecule has 0 radical (unpaired) electrons. The van der Waals surface area contributed by atoms with Gasteiger partial charge in [-0.15, -0.1) is 0 Å². The molecule has 1 aromatic carbocycles. The number of nitrogens with two attached hydrogens (primary N) is 1.